The molecular formula is C46H70ClN3O13. The van der Waals surface area contributed by atoms with Crippen LogP contribution in [0.5, 0.6) is 0 Å². The molecule has 4 aliphatic heterocycles. The van der Waals surface area contributed by atoms with Crippen LogP contribution in [0.2, 0.25) is 5.02 Å². The highest BCUT2D eigenvalue weighted by molar-refractivity contribution is 6.30. The van der Waals surface area contributed by atoms with Crippen molar-refractivity contribution in [1.82, 2.24) is 14.7 Å². The molecule has 4 fully saturated rings. The van der Waals surface area contributed by atoms with Crippen LogP contribution in [0.3, 0.4) is 0 Å². The Bertz CT molecular complexity index is 1800. The van der Waals surface area contributed by atoms with Crippen molar-refractivity contribution in [2.24, 2.45) is 23.7 Å². The second-order valence-electron chi connectivity index (χ2n) is 18.6. The van der Waals surface area contributed by atoms with E-state index < -0.39 is 108 Å². The van der Waals surface area contributed by atoms with Gasteiger partial charge in [0, 0.05) is 42.5 Å². The highest BCUT2D eigenvalue weighted by Crippen LogP contribution is 2.44. The third-order valence-electron chi connectivity index (χ3n) is 14.3. The van der Waals surface area contributed by atoms with E-state index in [2.05, 4.69) is 0 Å². The normalized spacial score (nSPS) is 39.4. The van der Waals surface area contributed by atoms with Crippen LogP contribution in [0.15, 0.2) is 24.3 Å². The van der Waals surface area contributed by atoms with Gasteiger partial charge in [0.25, 0.3) is 0 Å². The summed E-state index contributed by atoms with van der Waals surface area (Å²) >= 11 is 6.15. The molecule has 63 heavy (non-hydrogen) atoms. The average molecular weight is 909 g/mol. The fourth-order valence-corrected chi connectivity index (χ4v) is 10.3. The lowest BCUT2D eigenvalue weighted by molar-refractivity contribution is -0.301. The number of nitrogens with zero attached hydrogens (tertiary/aromatic N) is 3. The molecule has 0 spiro atoms. The number of imide groups is 1. The summed E-state index contributed by atoms with van der Waals surface area (Å²) in [5, 5.41) is 12.4. The van der Waals surface area contributed by atoms with Gasteiger partial charge in [0.2, 0.25) is 0 Å². The number of hydrogen-bond donors (Lipinski definition) is 1. The number of rotatable bonds is 10. The monoisotopic (exact) mass is 907 g/mol. The molecule has 17 heteroatoms. The molecule has 4 saturated heterocycles. The van der Waals surface area contributed by atoms with E-state index in [9.17, 15) is 29.1 Å². The van der Waals surface area contributed by atoms with E-state index in [0.29, 0.717) is 24.4 Å². The predicted molar refractivity (Wildman–Crippen MR) is 232 cm³/mol. The number of halogens is 1. The summed E-state index contributed by atoms with van der Waals surface area (Å²) in [6.45, 7) is 20.1. The molecule has 0 aliphatic carbocycles. The minimum atomic E-state index is -1.49. The van der Waals surface area contributed by atoms with Gasteiger partial charge in [-0.1, -0.05) is 58.4 Å². The van der Waals surface area contributed by atoms with Crippen molar-refractivity contribution in [2.45, 2.75) is 174 Å². The Balaban J connectivity index is 1.63. The Morgan fingerprint density at radius 2 is 1.62 bits per heavy atom. The van der Waals surface area contributed by atoms with Crippen LogP contribution in [-0.2, 0) is 49.2 Å². The van der Waals surface area contributed by atoms with Gasteiger partial charge in [-0.2, -0.15) is 0 Å². The average Bonchev–Trinajstić information content (AvgIpc) is 3.66. The maximum atomic E-state index is 14.9. The van der Waals surface area contributed by atoms with Gasteiger partial charge in [0.05, 0.1) is 35.8 Å². The van der Waals surface area contributed by atoms with Crippen LogP contribution in [0.1, 0.15) is 101 Å². The summed E-state index contributed by atoms with van der Waals surface area (Å²) in [4.78, 5) is 75.2. The number of likely N-dealkylation sites (N-methyl/N-ethyl adjacent to an activating group) is 1. The van der Waals surface area contributed by atoms with Crippen LogP contribution in [0.25, 0.3) is 0 Å². The van der Waals surface area contributed by atoms with E-state index in [4.69, 9.17) is 44.8 Å². The third kappa shape index (κ3) is 10.3. The number of fused-ring (bicyclic) bond motifs is 1. The highest BCUT2D eigenvalue weighted by Gasteiger charge is 2.61. The van der Waals surface area contributed by atoms with Crippen molar-refractivity contribution in [3.63, 3.8) is 0 Å². The Kier molecular flexibility index (Phi) is 16.3. The summed E-state index contributed by atoms with van der Waals surface area (Å²) in [5.41, 5.74) is -1.95. The van der Waals surface area contributed by atoms with E-state index in [1.54, 1.807) is 79.3 Å². The number of benzene rings is 1. The molecule has 5 rings (SSSR count). The maximum Gasteiger partial charge on any atom is 0.420 e. The molecule has 0 bridgehead atoms. The first-order chi connectivity index (χ1) is 29.5. The number of aliphatic hydroxyl groups excluding tert-OH is 1. The van der Waals surface area contributed by atoms with Crippen LogP contribution in [0, 0.1) is 23.7 Å². The lowest BCUT2D eigenvalue weighted by atomic mass is 9.73. The number of ether oxygens (including phenoxy) is 7. The SMILES string of the molecule is CC[C@@H]1OC(=O)[C@H](C)[C@@H](OC(=O)N2C(=O)O[C@H](C)[C@@H]2C)[C@H](C)[C@@H](O[C@@H]2O[C@H](C)C[C@H](N(C)CC)[C@H]2O)[C@@](C)(OC)C[C@@H](C)C(=O)[C@@H](C)[C@H]2N(CCc3ccc(Cl)cc3)C(=O)O[C@]12C. The number of aliphatic hydroxyl groups is 1. The number of cyclic esters (lactones) is 2. The molecule has 354 valence electrons. The van der Waals surface area contributed by atoms with Crippen LogP contribution >= 0.6 is 11.6 Å². The zero-order chi connectivity index (χ0) is 46.9. The molecule has 1 aromatic rings. The summed E-state index contributed by atoms with van der Waals surface area (Å²) in [5.74, 6) is -4.69. The third-order valence-corrected chi connectivity index (χ3v) is 14.6. The van der Waals surface area contributed by atoms with Gasteiger partial charge in [0.1, 0.15) is 30.2 Å². The van der Waals surface area contributed by atoms with Crippen LogP contribution in [0.4, 0.5) is 14.4 Å². The first-order valence-electron chi connectivity index (χ1n) is 22.5. The van der Waals surface area contributed by atoms with Gasteiger partial charge >= 0.3 is 24.2 Å². The fraction of sp³-hybridized carbons (Fsp3) is 0.761. The van der Waals surface area contributed by atoms with Crippen molar-refractivity contribution >= 4 is 41.6 Å². The first-order valence-corrected chi connectivity index (χ1v) is 22.8. The maximum absolute atomic E-state index is 14.9. The van der Waals surface area contributed by atoms with Crippen molar-refractivity contribution in [3.8, 4) is 0 Å². The van der Waals surface area contributed by atoms with E-state index in [1.807, 2.05) is 37.9 Å². The second kappa shape index (κ2) is 20.3. The molecule has 1 aromatic carbocycles. The molecule has 0 radical (unpaired) electrons. The van der Waals surface area contributed by atoms with E-state index in [1.165, 1.54) is 7.11 Å². The minimum absolute atomic E-state index is 0.0606. The predicted octanol–water partition coefficient (Wildman–Crippen LogP) is 6.64. The number of esters is 1. The second-order valence-corrected chi connectivity index (χ2v) is 19.1. The van der Waals surface area contributed by atoms with Crippen molar-refractivity contribution < 1.29 is 62.2 Å². The largest absolute Gasteiger partial charge is 0.458 e. The molecule has 3 amide bonds. The van der Waals surface area contributed by atoms with Gasteiger partial charge in [-0.15, -0.1) is 0 Å². The van der Waals surface area contributed by atoms with Crippen molar-refractivity contribution in [1.29, 1.82) is 0 Å². The smallest absolute Gasteiger partial charge is 0.420 e. The van der Waals surface area contributed by atoms with Gasteiger partial charge in [-0.3, -0.25) is 14.5 Å². The summed E-state index contributed by atoms with van der Waals surface area (Å²) in [7, 11) is 3.39. The molecule has 4 heterocycles. The number of carbonyl (C=O) groups is 5. The Labute approximate surface area is 377 Å². The zero-order valence-corrected chi connectivity index (χ0v) is 40.0. The fourth-order valence-electron chi connectivity index (χ4n) is 10.2. The number of ketones is 1. The lowest BCUT2D eigenvalue weighted by Gasteiger charge is -2.48. The molecule has 0 unspecified atom stereocenters. The van der Waals surface area contributed by atoms with Crippen LogP contribution in [-0.4, -0.2) is 149 Å². The molecule has 4 aliphatic rings. The van der Waals surface area contributed by atoms with E-state index >= 15 is 0 Å². The van der Waals surface area contributed by atoms with Gasteiger partial charge in [-0.25, -0.2) is 19.3 Å². The number of Topliss-reactive ketones (excluding diaryl/α,β-unsaturated/α-hetero) is 1. The lowest BCUT2D eigenvalue weighted by Crippen LogP contribution is -2.61. The summed E-state index contributed by atoms with van der Waals surface area (Å²) in [6.07, 6.45) is -8.18. The number of carbonyl (C=O) groups excluding carboxylic acids is 5. The Morgan fingerprint density at radius 3 is 2.19 bits per heavy atom. The highest BCUT2D eigenvalue weighted by atomic mass is 35.5. The Hall–Kier alpha value is -3.54. The topological polar surface area (TPSA) is 180 Å². The van der Waals surface area contributed by atoms with Gasteiger partial charge < -0.3 is 43.2 Å². The van der Waals surface area contributed by atoms with Crippen molar-refractivity contribution in [2.75, 3.05) is 27.2 Å². The molecule has 16 atom stereocenters. The molecule has 1 N–H and O–H groups in total. The zero-order valence-electron chi connectivity index (χ0n) is 39.2. The molecular weight excluding hydrogens is 838 g/mol. The van der Waals surface area contributed by atoms with E-state index in [-0.39, 0.29) is 37.3 Å². The van der Waals surface area contributed by atoms with Gasteiger partial charge in [-0.05, 0) is 98.5 Å². The molecule has 0 saturated carbocycles. The quantitative estimate of drug-likeness (QED) is 0.195. The summed E-state index contributed by atoms with van der Waals surface area (Å²) in [6, 6.07) is 5.37. The van der Waals surface area contributed by atoms with Gasteiger partial charge in [0.15, 0.2) is 11.9 Å². The van der Waals surface area contributed by atoms with Crippen LogP contribution < -0.4 is 0 Å². The number of hydrogen-bond acceptors (Lipinski definition) is 14. The van der Waals surface area contributed by atoms with Crippen molar-refractivity contribution in [3.05, 3.63) is 34.9 Å². The molecule has 0 aromatic heterocycles. The number of methoxy groups -OCH3 is 1. The first kappa shape index (κ1) is 50.5. The molecule has 16 nitrogen and oxygen atoms in total. The number of amides is 3. The Morgan fingerprint density at radius 1 is 0.968 bits per heavy atom. The summed E-state index contributed by atoms with van der Waals surface area (Å²) < 4.78 is 43.6. The minimum Gasteiger partial charge on any atom is -0.458 e. The standard InChI is InChI=1S/C46H70ClN3O13/c1-14-34-46(11)38(49(42(54)63-46)21-20-31-16-18-32(47)19-17-31)26(5)35(51)24(3)23-45(10,57-13)39(62-41-36(52)33(48(12)15-2)22-25(4)58-41)27(6)37(28(7)40(53)60-34)61-44(56)50-29(8)30(9)59-43(50)55/h16-19,24-30,33-34,36-39,41,52H,14-15,20-23H2,1-13H3/t24-,25-,26-,27+,28-,29+,30-,33+,34+,36-,37+,38-,39-,41+,45+,46-/m1/s1. The van der Waals surface area contributed by atoms with E-state index in [0.717, 1.165) is 10.5 Å².